The number of nitrogens with one attached hydrogen (secondary N) is 1. The summed E-state index contributed by atoms with van der Waals surface area (Å²) in [7, 11) is 0. The second-order valence-electron chi connectivity index (χ2n) is 7.11. The Kier molecular flexibility index (Phi) is 4.79. The van der Waals surface area contributed by atoms with Gasteiger partial charge in [0.05, 0.1) is 16.0 Å². The normalized spacial score (nSPS) is 16.8. The van der Waals surface area contributed by atoms with Crippen LogP contribution < -0.4 is 5.32 Å². The van der Waals surface area contributed by atoms with Gasteiger partial charge < -0.3 is 10.4 Å². The highest BCUT2D eigenvalue weighted by Gasteiger charge is 2.36. The van der Waals surface area contributed by atoms with E-state index in [0.717, 1.165) is 17.7 Å². The molecular formula is C17H27NO2S. The third kappa shape index (κ3) is 3.86. The van der Waals surface area contributed by atoms with Crippen molar-refractivity contribution in [1.29, 1.82) is 0 Å². The van der Waals surface area contributed by atoms with Gasteiger partial charge in [-0.25, -0.2) is 0 Å². The van der Waals surface area contributed by atoms with Crippen LogP contribution in [0.15, 0.2) is 6.07 Å². The van der Waals surface area contributed by atoms with Crippen molar-refractivity contribution in [2.24, 2.45) is 0 Å². The van der Waals surface area contributed by atoms with E-state index in [1.807, 2.05) is 13.8 Å². The van der Waals surface area contributed by atoms with Crippen LogP contribution in [0.5, 0.6) is 0 Å². The topological polar surface area (TPSA) is 49.3 Å². The Morgan fingerprint density at radius 3 is 2.38 bits per heavy atom. The van der Waals surface area contributed by atoms with E-state index in [0.29, 0.717) is 0 Å². The SMILES string of the molecule is CC(C)(O)C(C)(C)NC(=O)c1cc2c(s1)CCCCCC2. The van der Waals surface area contributed by atoms with E-state index in [4.69, 9.17) is 0 Å². The number of aryl methyl sites for hydroxylation is 2. The van der Waals surface area contributed by atoms with Gasteiger partial charge in [-0.1, -0.05) is 12.8 Å². The Morgan fingerprint density at radius 2 is 1.76 bits per heavy atom. The summed E-state index contributed by atoms with van der Waals surface area (Å²) in [6, 6.07) is 2.06. The molecule has 1 aromatic heterocycles. The van der Waals surface area contributed by atoms with Crippen LogP contribution in [0.3, 0.4) is 0 Å². The van der Waals surface area contributed by atoms with Gasteiger partial charge in [0.2, 0.25) is 0 Å². The first-order valence-corrected chi connectivity index (χ1v) is 8.69. The van der Waals surface area contributed by atoms with Gasteiger partial charge in [0.25, 0.3) is 5.91 Å². The largest absolute Gasteiger partial charge is 0.388 e. The number of carbonyl (C=O) groups excluding carboxylic acids is 1. The van der Waals surface area contributed by atoms with Gasteiger partial charge in [-0.05, 0) is 65.0 Å². The summed E-state index contributed by atoms with van der Waals surface area (Å²) in [5.41, 5.74) is -0.275. The zero-order valence-electron chi connectivity index (χ0n) is 13.6. The van der Waals surface area contributed by atoms with Gasteiger partial charge in [0.15, 0.2) is 0 Å². The summed E-state index contributed by atoms with van der Waals surface area (Å²) >= 11 is 1.62. The minimum absolute atomic E-state index is 0.0705. The molecule has 118 valence electrons. The van der Waals surface area contributed by atoms with Crippen LogP contribution in [0.1, 0.15) is 73.5 Å². The van der Waals surface area contributed by atoms with Crippen molar-refractivity contribution < 1.29 is 9.90 Å². The van der Waals surface area contributed by atoms with Crippen molar-refractivity contribution in [3.63, 3.8) is 0 Å². The number of fused-ring (bicyclic) bond motifs is 1. The Morgan fingerprint density at radius 1 is 1.14 bits per heavy atom. The molecule has 2 rings (SSSR count). The van der Waals surface area contributed by atoms with Gasteiger partial charge in [0, 0.05) is 4.88 Å². The van der Waals surface area contributed by atoms with Gasteiger partial charge in [-0.2, -0.15) is 0 Å². The Bertz CT molecular complexity index is 486. The van der Waals surface area contributed by atoms with Gasteiger partial charge in [-0.3, -0.25) is 4.79 Å². The summed E-state index contributed by atoms with van der Waals surface area (Å²) in [4.78, 5) is 14.6. The van der Waals surface area contributed by atoms with Crippen molar-refractivity contribution in [3.8, 4) is 0 Å². The summed E-state index contributed by atoms with van der Waals surface area (Å²) in [5.74, 6) is -0.0705. The predicted octanol–water partition coefficient (Wildman–Crippen LogP) is 3.69. The zero-order chi connectivity index (χ0) is 15.7. The number of carbonyl (C=O) groups is 1. The highest BCUT2D eigenvalue weighted by atomic mass is 32.1. The number of thiophene rings is 1. The Labute approximate surface area is 131 Å². The molecule has 0 atom stereocenters. The fraction of sp³-hybridized carbons (Fsp3) is 0.706. The molecule has 2 N–H and O–H groups in total. The van der Waals surface area contributed by atoms with Crippen LogP contribution in [-0.4, -0.2) is 22.2 Å². The third-order valence-corrected chi connectivity index (χ3v) is 5.91. The molecule has 1 heterocycles. The average molecular weight is 309 g/mol. The first kappa shape index (κ1) is 16.5. The van der Waals surface area contributed by atoms with Gasteiger partial charge in [-0.15, -0.1) is 11.3 Å². The summed E-state index contributed by atoms with van der Waals surface area (Å²) < 4.78 is 0. The Hall–Kier alpha value is -0.870. The molecule has 1 amide bonds. The monoisotopic (exact) mass is 309 g/mol. The number of aliphatic hydroxyl groups is 1. The number of amides is 1. The van der Waals surface area contributed by atoms with Crippen LogP contribution in [0, 0.1) is 0 Å². The maximum absolute atomic E-state index is 12.5. The molecule has 0 saturated carbocycles. The van der Waals surface area contributed by atoms with Crippen LogP contribution in [0.25, 0.3) is 0 Å². The maximum Gasteiger partial charge on any atom is 0.261 e. The van der Waals surface area contributed by atoms with Crippen LogP contribution in [-0.2, 0) is 12.8 Å². The first-order valence-electron chi connectivity index (χ1n) is 7.87. The standard InChI is InChI=1S/C17H27NO2S/c1-16(2,17(3,4)20)18-15(19)14-11-12-9-7-5-6-8-10-13(12)21-14/h11,20H,5-10H2,1-4H3,(H,18,19). The molecule has 0 aromatic carbocycles. The molecule has 21 heavy (non-hydrogen) atoms. The van der Waals surface area contributed by atoms with Crippen LogP contribution in [0.2, 0.25) is 0 Å². The lowest BCUT2D eigenvalue weighted by Crippen LogP contribution is -2.57. The van der Waals surface area contributed by atoms with E-state index in [9.17, 15) is 9.90 Å². The summed E-state index contributed by atoms with van der Waals surface area (Å²) in [6.45, 7) is 7.16. The minimum Gasteiger partial charge on any atom is -0.388 e. The fourth-order valence-electron chi connectivity index (χ4n) is 2.45. The van der Waals surface area contributed by atoms with E-state index in [1.54, 1.807) is 25.2 Å². The van der Waals surface area contributed by atoms with E-state index in [1.165, 1.54) is 36.1 Å². The fourth-order valence-corrected chi connectivity index (χ4v) is 3.60. The smallest absolute Gasteiger partial charge is 0.261 e. The van der Waals surface area contributed by atoms with Crippen molar-refractivity contribution in [3.05, 3.63) is 21.4 Å². The molecule has 0 radical (unpaired) electrons. The molecule has 3 nitrogen and oxygen atoms in total. The lowest BCUT2D eigenvalue weighted by Gasteiger charge is -2.37. The molecule has 0 saturated heterocycles. The zero-order valence-corrected chi connectivity index (χ0v) is 14.4. The molecule has 0 bridgehead atoms. The molecule has 1 aromatic rings. The van der Waals surface area contributed by atoms with Crippen molar-refractivity contribution in [1.82, 2.24) is 5.32 Å². The molecule has 0 fully saturated rings. The minimum atomic E-state index is -0.964. The quantitative estimate of drug-likeness (QED) is 0.894. The number of hydrogen-bond acceptors (Lipinski definition) is 3. The average Bonchev–Trinajstić information content (AvgIpc) is 2.69. The van der Waals surface area contributed by atoms with Gasteiger partial charge in [0.1, 0.15) is 0 Å². The summed E-state index contributed by atoms with van der Waals surface area (Å²) in [5, 5.41) is 13.1. The lowest BCUT2D eigenvalue weighted by atomic mass is 9.86. The molecule has 1 aliphatic rings. The molecule has 0 unspecified atom stereocenters. The van der Waals surface area contributed by atoms with Gasteiger partial charge >= 0.3 is 0 Å². The molecule has 1 aliphatic carbocycles. The van der Waals surface area contributed by atoms with Crippen molar-refractivity contribution in [2.45, 2.75) is 77.4 Å². The van der Waals surface area contributed by atoms with Crippen LogP contribution >= 0.6 is 11.3 Å². The predicted molar refractivity (Wildman–Crippen MR) is 88.0 cm³/mol. The van der Waals surface area contributed by atoms with Crippen molar-refractivity contribution in [2.75, 3.05) is 0 Å². The van der Waals surface area contributed by atoms with Crippen molar-refractivity contribution >= 4 is 17.2 Å². The Balaban J connectivity index is 2.15. The maximum atomic E-state index is 12.5. The molecular weight excluding hydrogens is 282 g/mol. The highest BCUT2D eigenvalue weighted by Crippen LogP contribution is 2.29. The van der Waals surface area contributed by atoms with Crippen LogP contribution in [0.4, 0.5) is 0 Å². The van der Waals surface area contributed by atoms with E-state index in [2.05, 4.69) is 11.4 Å². The van der Waals surface area contributed by atoms with E-state index in [-0.39, 0.29) is 5.91 Å². The number of rotatable bonds is 3. The molecule has 0 aliphatic heterocycles. The second kappa shape index (κ2) is 6.09. The summed E-state index contributed by atoms with van der Waals surface area (Å²) in [6.07, 6.45) is 7.23. The number of hydrogen-bond donors (Lipinski definition) is 2. The van der Waals surface area contributed by atoms with E-state index < -0.39 is 11.1 Å². The third-order valence-electron chi connectivity index (χ3n) is 4.68. The molecule has 0 spiro atoms. The second-order valence-corrected chi connectivity index (χ2v) is 8.25. The van der Waals surface area contributed by atoms with E-state index >= 15 is 0 Å². The molecule has 4 heteroatoms. The first-order chi connectivity index (χ1) is 9.71. The lowest BCUT2D eigenvalue weighted by molar-refractivity contribution is -0.00284. The highest BCUT2D eigenvalue weighted by molar-refractivity contribution is 7.14.